The number of thiazole rings is 1. The van der Waals surface area contributed by atoms with Crippen molar-refractivity contribution in [3.63, 3.8) is 0 Å². The number of nitrogens with zero attached hydrogens (tertiary/aromatic N) is 2. The number of aryl methyl sites for hydroxylation is 1. The van der Waals surface area contributed by atoms with Crippen molar-refractivity contribution in [3.8, 4) is 0 Å². The molecule has 0 radical (unpaired) electrons. The van der Waals surface area contributed by atoms with E-state index < -0.39 is 0 Å². The summed E-state index contributed by atoms with van der Waals surface area (Å²) in [6, 6.07) is 4.14. The van der Waals surface area contributed by atoms with Gasteiger partial charge in [-0.05, 0) is 57.6 Å². The maximum absolute atomic E-state index is 13.0. The van der Waals surface area contributed by atoms with Gasteiger partial charge in [0.1, 0.15) is 10.8 Å². The largest absolute Gasteiger partial charge is 0.467 e. The summed E-state index contributed by atoms with van der Waals surface area (Å²) in [7, 11) is 0. The molecule has 2 atom stereocenters. The molecule has 2 amide bonds. The van der Waals surface area contributed by atoms with E-state index >= 15 is 0 Å². The molecule has 128 valence electrons. The summed E-state index contributed by atoms with van der Waals surface area (Å²) in [5.41, 5.74) is 1.03. The van der Waals surface area contributed by atoms with Gasteiger partial charge in [0.2, 0.25) is 0 Å². The number of nitrogens with one attached hydrogen (secondary N) is 1. The zero-order chi connectivity index (χ0) is 16.7. The molecule has 0 unspecified atom stereocenters. The second-order valence-corrected chi connectivity index (χ2v) is 7.81. The summed E-state index contributed by atoms with van der Waals surface area (Å²) in [4.78, 5) is 19.6. The van der Waals surface area contributed by atoms with Crippen LogP contribution in [0.1, 0.15) is 61.2 Å². The van der Waals surface area contributed by atoms with Crippen LogP contribution in [0.3, 0.4) is 0 Å². The third kappa shape index (κ3) is 3.20. The van der Waals surface area contributed by atoms with Gasteiger partial charge in [0.25, 0.3) is 0 Å². The van der Waals surface area contributed by atoms with Crippen LogP contribution in [0.2, 0.25) is 0 Å². The molecule has 1 N–H and O–H groups in total. The van der Waals surface area contributed by atoms with Gasteiger partial charge in [0.15, 0.2) is 0 Å². The van der Waals surface area contributed by atoms with E-state index in [1.165, 1.54) is 12.8 Å². The number of carbonyl (C=O) groups excluding carboxylic acids is 1. The Bertz CT molecular complexity index is 704. The van der Waals surface area contributed by atoms with Crippen molar-refractivity contribution < 1.29 is 9.21 Å². The lowest BCUT2D eigenvalue weighted by Crippen LogP contribution is -2.44. The second-order valence-electron chi connectivity index (χ2n) is 6.92. The van der Waals surface area contributed by atoms with E-state index in [1.54, 1.807) is 17.6 Å². The van der Waals surface area contributed by atoms with Gasteiger partial charge in [0, 0.05) is 17.1 Å². The lowest BCUT2D eigenvalue weighted by atomic mass is 10.2. The van der Waals surface area contributed by atoms with E-state index in [4.69, 9.17) is 4.42 Å². The summed E-state index contributed by atoms with van der Waals surface area (Å²) in [6.07, 6.45) is 6.15. The molecule has 24 heavy (non-hydrogen) atoms. The van der Waals surface area contributed by atoms with Gasteiger partial charge in [-0.15, -0.1) is 11.3 Å². The first kappa shape index (κ1) is 15.7. The molecule has 2 saturated carbocycles. The van der Waals surface area contributed by atoms with Crippen molar-refractivity contribution in [1.82, 2.24) is 15.2 Å². The fourth-order valence-electron chi connectivity index (χ4n) is 3.21. The van der Waals surface area contributed by atoms with Gasteiger partial charge in [-0.2, -0.15) is 0 Å². The van der Waals surface area contributed by atoms with Crippen molar-refractivity contribution >= 4 is 17.4 Å². The van der Waals surface area contributed by atoms with Crippen LogP contribution in [-0.2, 0) is 0 Å². The Hall–Kier alpha value is -1.82. The smallest absolute Gasteiger partial charge is 0.318 e. The summed E-state index contributed by atoms with van der Waals surface area (Å²) in [5.74, 6) is 1.37. The van der Waals surface area contributed by atoms with Crippen molar-refractivity contribution in [2.75, 3.05) is 0 Å². The predicted molar refractivity (Wildman–Crippen MR) is 92.8 cm³/mol. The fourth-order valence-corrected chi connectivity index (χ4v) is 4.15. The van der Waals surface area contributed by atoms with Crippen LogP contribution in [0.5, 0.6) is 0 Å². The lowest BCUT2D eigenvalue weighted by Gasteiger charge is -2.30. The average Bonchev–Trinajstić information content (AvgIpc) is 3.47. The van der Waals surface area contributed by atoms with Crippen LogP contribution in [-0.4, -0.2) is 22.0 Å². The monoisotopic (exact) mass is 345 g/mol. The van der Waals surface area contributed by atoms with Crippen LogP contribution >= 0.6 is 11.3 Å². The Morgan fingerprint density at radius 2 is 2.21 bits per heavy atom. The minimum atomic E-state index is -0.0506. The number of rotatable bonds is 6. The predicted octanol–water partition coefficient (Wildman–Crippen LogP) is 4.43. The molecule has 0 saturated heterocycles. The molecule has 6 heteroatoms. The van der Waals surface area contributed by atoms with E-state index in [9.17, 15) is 4.79 Å². The molecule has 0 bridgehead atoms. The first-order chi connectivity index (χ1) is 11.6. The molecule has 2 fully saturated rings. The third-order valence-electron chi connectivity index (χ3n) is 4.82. The highest BCUT2D eigenvalue weighted by atomic mass is 32.1. The van der Waals surface area contributed by atoms with Gasteiger partial charge in [-0.3, -0.25) is 0 Å². The topological polar surface area (TPSA) is 58.4 Å². The Balaban J connectivity index is 1.52. The Morgan fingerprint density at radius 1 is 1.42 bits per heavy atom. The minimum Gasteiger partial charge on any atom is -0.467 e. The van der Waals surface area contributed by atoms with Gasteiger partial charge in [0.05, 0.1) is 18.3 Å². The summed E-state index contributed by atoms with van der Waals surface area (Å²) >= 11 is 1.65. The molecule has 0 spiro atoms. The molecule has 4 rings (SSSR count). The van der Waals surface area contributed by atoms with E-state index in [0.29, 0.717) is 12.0 Å². The van der Waals surface area contributed by atoms with Crippen molar-refractivity contribution in [1.29, 1.82) is 0 Å². The maximum Gasteiger partial charge on any atom is 0.318 e. The van der Waals surface area contributed by atoms with Gasteiger partial charge in [-0.25, -0.2) is 9.78 Å². The highest BCUT2D eigenvalue weighted by Crippen LogP contribution is 2.42. The quantitative estimate of drug-likeness (QED) is 0.842. The Kier molecular flexibility index (Phi) is 4.08. The molecule has 5 nitrogen and oxygen atoms in total. The fraction of sp³-hybridized carbons (Fsp3) is 0.556. The third-order valence-corrected chi connectivity index (χ3v) is 5.87. The SMILES string of the molecule is Cc1csc([C@@H](NC(=O)N(C2CC2)[C@@H](C)c2ccco2)C2CC2)n1. The van der Waals surface area contributed by atoms with Crippen molar-refractivity contribution in [2.24, 2.45) is 5.92 Å². The highest BCUT2D eigenvalue weighted by Gasteiger charge is 2.41. The standard InChI is InChI=1S/C18H23N3O2S/c1-11-10-24-17(19-11)16(13-5-6-13)20-18(22)21(14-7-8-14)12(2)15-4-3-9-23-15/h3-4,9-10,12-14,16H,5-8H2,1-2H3,(H,20,22)/t12-,16-/m0/s1. The highest BCUT2D eigenvalue weighted by molar-refractivity contribution is 7.09. The zero-order valence-electron chi connectivity index (χ0n) is 14.1. The zero-order valence-corrected chi connectivity index (χ0v) is 14.9. The van der Waals surface area contributed by atoms with E-state index in [2.05, 4.69) is 15.7 Å². The summed E-state index contributed by atoms with van der Waals surface area (Å²) < 4.78 is 5.53. The normalized spacial score (nSPS) is 19.8. The lowest BCUT2D eigenvalue weighted by molar-refractivity contribution is 0.161. The number of urea groups is 1. The van der Waals surface area contributed by atoms with Crippen molar-refractivity contribution in [3.05, 3.63) is 40.2 Å². The molecule has 0 aromatic carbocycles. The van der Waals surface area contributed by atoms with Crippen LogP contribution < -0.4 is 5.32 Å². The number of carbonyl (C=O) groups is 1. The number of amides is 2. The molecular formula is C18H23N3O2S. The molecular weight excluding hydrogens is 322 g/mol. The van der Waals surface area contributed by atoms with E-state index in [1.807, 2.05) is 30.9 Å². The van der Waals surface area contributed by atoms with E-state index in [0.717, 1.165) is 29.3 Å². The molecule has 0 aliphatic heterocycles. The van der Waals surface area contributed by atoms with Gasteiger partial charge in [-0.1, -0.05) is 0 Å². The summed E-state index contributed by atoms with van der Waals surface area (Å²) in [5, 5.41) is 6.35. The first-order valence-electron chi connectivity index (χ1n) is 8.67. The van der Waals surface area contributed by atoms with Crippen molar-refractivity contribution in [2.45, 2.75) is 57.7 Å². The molecule has 2 aromatic heterocycles. The minimum absolute atomic E-state index is 0.00570. The van der Waals surface area contributed by atoms with Crippen LogP contribution in [0.15, 0.2) is 28.2 Å². The molecule has 2 aliphatic rings. The van der Waals surface area contributed by atoms with Crippen LogP contribution in [0.4, 0.5) is 4.79 Å². The Morgan fingerprint density at radius 3 is 2.75 bits per heavy atom. The molecule has 2 aromatic rings. The molecule has 2 aliphatic carbocycles. The summed E-state index contributed by atoms with van der Waals surface area (Å²) in [6.45, 7) is 4.04. The average molecular weight is 345 g/mol. The number of aromatic nitrogens is 1. The van der Waals surface area contributed by atoms with Crippen LogP contribution in [0.25, 0.3) is 0 Å². The first-order valence-corrected chi connectivity index (χ1v) is 9.55. The number of furan rings is 1. The maximum atomic E-state index is 13.0. The Labute approximate surface area is 146 Å². The van der Waals surface area contributed by atoms with E-state index in [-0.39, 0.29) is 18.1 Å². The van der Waals surface area contributed by atoms with Crippen LogP contribution in [0, 0.1) is 12.8 Å². The second kappa shape index (κ2) is 6.24. The van der Waals surface area contributed by atoms with Gasteiger partial charge >= 0.3 is 6.03 Å². The van der Waals surface area contributed by atoms with Gasteiger partial charge < -0.3 is 14.6 Å². The number of hydrogen-bond acceptors (Lipinski definition) is 4. The number of hydrogen-bond donors (Lipinski definition) is 1. The molecule has 2 heterocycles.